The Morgan fingerprint density at radius 2 is 1.84 bits per heavy atom. The fraction of sp³-hybridized carbons (Fsp3) is 0.353. The molecular weight excluding hydrogens is 250 g/mol. The largest absolute Gasteiger partial charge is 0.273 e. The molecule has 0 saturated carbocycles. The van der Waals surface area contributed by atoms with Crippen LogP contribution in [0.25, 0.3) is 5.57 Å². The third-order valence-electron chi connectivity index (χ3n) is 3.11. The zero-order chi connectivity index (χ0) is 14.3. The van der Waals surface area contributed by atoms with E-state index >= 15 is 0 Å². The van der Waals surface area contributed by atoms with E-state index in [0.29, 0.717) is 11.2 Å². The predicted octanol–water partition coefficient (Wildman–Crippen LogP) is 5.44. The molecule has 0 amide bonds. The summed E-state index contributed by atoms with van der Waals surface area (Å²) in [7, 11) is 0. The molecular formula is C17H23NS. The molecule has 0 aromatic heterocycles. The van der Waals surface area contributed by atoms with Gasteiger partial charge in [0.25, 0.3) is 0 Å². The van der Waals surface area contributed by atoms with E-state index in [1.165, 1.54) is 16.0 Å². The molecule has 0 saturated heterocycles. The van der Waals surface area contributed by atoms with Crippen molar-refractivity contribution in [2.45, 2.75) is 37.8 Å². The Morgan fingerprint density at radius 1 is 1.21 bits per heavy atom. The summed E-state index contributed by atoms with van der Waals surface area (Å²) in [5, 5.41) is 0.643. The van der Waals surface area contributed by atoms with Crippen LogP contribution in [0.5, 0.6) is 0 Å². The van der Waals surface area contributed by atoms with Crippen molar-refractivity contribution in [3.05, 3.63) is 48.2 Å². The Morgan fingerprint density at radius 3 is 2.37 bits per heavy atom. The molecule has 1 unspecified atom stereocenters. The van der Waals surface area contributed by atoms with Crippen LogP contribution < -0.4 is 0 Å². The molecule has 0 radical (unpaired) electrons. The van der Waals surface area contributed by atoms with Crippen LogP contribution in [0, 0.1) is 5.92 Å². The minimum absolute atomic E-state index is 0.643. The Bertz CT molecular complexity index is 455. The van der Waals surface area contributed by atoms with Crippen LogP contribution in [0.4, 0.5) is 0 Å². The molecule has 0 N–H and O–H groups in total. The van der Waals surface area contributed by atoms with E-state index in [-0.39, 0.29) is 0 Å². The van der Waals surface area contributed by atoms with Crippen LogP contribution in [0.2, 0.25) is 0 Å². The van der Waals surface area contributed by atoms with E-state index in [2.05, 4.69) is 63.7 Å². The molecule has 1 rings (SSSR count). The first-order chi connectivity index (χ1) is 9.04. The smallest absolute Gasteiger partial charge is 0.0260 e. The van der Waals surface area contributed by atoms with Gasteiger partial charge in [0, 0.05) is 16.3 Å². The van der Waals surface area contributed by atoms with Gasteiger partial charge in [0.15, 0.2) is 0 Å². The van der Waals surface area contributed by atoms with E-state index < -0.39 is 0 Å². The first kappa shape index (κ1) is 15.8. The lowest BCUT2D eigenvalue weighted by Gasteiger charge is -2.15. The standard InChI is InChI=1S/C17H23NS/c1-13(2)15(4)19-17-10-8-16(9-11-17)14(3)7-6-12-18-5/h6-13,15H,5H2,1-4H3/b12-6-,14-7+. The van der Waals surface area contributed by atoms with E-state index in [4.69, 9.17) is 0 Å². The molecule has 1 atom stereocenters. The lowest BCUT2D eigenvalue weighted by molar-refractivity contribution is 0.642. The summed E-state index contributed by atoms with van der Waals surface area (Å²) >= 11 is 1.94. The van der Waals surface area contributed by atoms with Gasteiger partial charge in [-0.15, -0.1) is 11.8 Å². The van der Waals surface area contributed by atoms with Crippen LogP contribution in [0.15, 0.2) is 52.5 Å². The number of benzene rings is 1. The van der Waals surface area contributed by atoms with Gasteiger partial charge in [0.2, 0.25) is 0 Å². The Kier molecular flexibility index (Phi) is 6.65. The molecule has 0 aliphatic rings. The van der Waals surface area contributed by atoms with Crippen molar-refractivity contribution in [2.75, 3.05) is 0 Å². The number of rotatable bonds is 6. The maximum absolute atomic E-state index is 3.69. The lowest BCUT2D eigenvalue weighted by Crippen LogP contribution is -2.04. The van der Waals surface area contributed by atoms with Crippen molar-refractivity contribution in [2.24, 2.45) is 10.9 Å². The quantitative estimate of drug-likeness (QED) is 0.382. The van der Waals surface area contributed by atoms with E-state index in [0.717, 1.165) is 0 Å². The highest BCUT2D eigenvalue weighted by Crippen LogP contribution is 2.28. The van der Waals surface area contributed by atoms with Gasteiger partial charge in [-0.1, -0.05) is 39.0 Å². The maximum atomic E-state index is 3.69. The Balaban J connectivity index is 2.73. The molecule has 1 nitrogen and oxygen atoms in total. The first-order valence-electron chi connectivity index (χ1n) is 6.61. The number of aliphatic imine (C=N–C) groups is 1. The first-order valence-corrected chi connectivity index (χ1v) is 7.49. The van der Waals surface area contributed by atoms with Gasteiger partial charge < -0.3 is 0 Å². The summed E-state index contributed by atoms with van der Waals surface area (Å²) in [4.78, 5) is 5.02. The average Bonchev–Trinajstić information content (AvgIpc) is 2.39. The molecule has 19 heavy (non-hydrogen) atoms. The summed E-state index contributed by atoms with van der Waals surface area (Å²) < 4.78 is 0. The van der Waals surface area contributed by atoms with Crippen LogP contribution in [0.1, 0.15) is 33.3 Å². The molecule has 0 bridgehead atoms. The number of allylic oxidation sites excluding steroid dienone is 3. The van der Waals surface area contributed by atoms with Gasteiger partial charge in [0.1, 0.15) is 0 Å². The number of hydrogen-bond donors (Lipinski definition) is 0. The molecule has 0 fully saturated rings. The van der Waals surface area contributed by atoms with E-state index in [9.17, 15) is 0 Å². The minimum Gasteiger partial charge on any atom is -0.273 e. The highest BCUT2D eigenvalue weighted by Gasteiger charge is 2.08. The number of thioether (sulfide) groups is 1. The third kappa shape index (κ3) is 5.48. The van der Waals surface area contributed by atoms with Crippen molar-refractivity contribution in [1.29, 1.82) is 0 Å². The van der Waals surface area contributed by atoms with E-state index in [1.807, 2.05) is 23.9 Å². The fourth-order valence-electron chi connectivity index (χ4n) is 1.49. The summed E-state index contributed by atoms with van der Waals surface area (Å²) in [6.45, 7) is 12.3. The third-order valence-corrected chi connectivity index (χ3v) is 4.57. The van der Waals surface area contributed by atoms with Crippen molar-refractivity contribution in [3.63, 3.8) is 0 Å². The summed E-state index contributed by atoms with van der Waals surface area (Å²) in [5.74, 6) is 0.697. The molecule has 102 valence electrons. The van der Waals surface area contributed by atoms with Crippen molar-refractivity contribution in [3.8, 4) is 0 Å². The summed E-state index contributed by atoms with van der Waals surface area (Å²) in [6.07, 6.45) is 5.65. The second-order valence-electron chi connectivity index (χ2n) is 4.97. The monoisotopic (exact) mass is 273 g/mol. The zero-order valence-corrected chi connectivity index (χ0v) is 13.1. The van der Waals surface area contributed by atoms with Crippen LogP contribution in [-0.4, -0.2) is 12.0 Å². The highest BCUT2D eigenvalue weighted by molar-refractivity contribution is 8.00. The Hall–Kier alpha value is -1.28. The summed E-state index contributed by atoms with van der Waals surface area (Å²) in [5.41, 5.74) is 2.48. The second-order valence-corrected chi connectivity index (χ2v) is 6.42. The number of hydrogen-bond acceptors (Lipinski definition) is 2. The minimum atomic E-state index is 0.643. The van der Waals surface area contributed by atoms with Crippen molar-refractivity contribution >= 4 is 24.1 Å². The van der Waals surface area contributed by atoms with Gasteiger partial charge in [0.05, 0.1) is 0 Å². The molecule has 1 aromatic rings. The normalized spacial score (nSPS) is 14.1. The topological polar surface area (TPSA) is 12.4 Å². The zero-order valence-electron chi connectivity index (χ0n) is 12.3. The van der Waals surface area contributed by atoms with Gasteiger partial charge in [-0.25, -0.2) is 0 Å². The molecule has 0 aliphatic heterocycles. The SMILES string of the molecule is C=N/C=C\C=C(/C)c1ccc(SC(C)C(C)C)cc1. The molecule has 0 aliphatic carbocycles. The van der Waals surface area contributed by atoms with Crippen LogP contribution >= 0.6 is 11.8 Å². The van der Waals surface area contributed by atoms with Gasteiger partial charge in [-0.05, 0) is 48.9 Å². The molecule has 0 heterocycles. The van der Waals surface area contributed by atoms with Crippen LogP contribution in [-0.2, 0) is 0 Å². The van der Waals surface area contributed by atoms with Crippen molar-refractivity contribution in [1.82, 2.24) is 0 Å². The Labute approximate surface area is 121 Å². The van der Waals surface area contributed by atoms with Crippen molar-refractivity contribution < 1.29 is 0 Å². The average molecular weight is 273 g/mol. The van der Waals surface area contributed by atoms with Gasteiger partial charge >= 0.3 is 0 Å². The fourth-order valence-corrected chi connectivity index (χ4v) is 2.49. The maximum Gasteiger partial charge on any atom is 0.0260 e. The van der Waals surface area contributed by atoms with Gasteiger partial charge in [-0.3, -0.25) is 4.99 Å². The number of nitrogens with zero attached hydrogens (tertiary/aromatic N) is 1. The van der Waals surface area contributed by atoms with Gasteiger partial charge in [-0.2, -0.15) is 0 Å². The second kappa shape index (κ2) is 8.00. The molecule has 0 spiro atoms. The molecule has 2 heteroatoms. The predicted molar refractivity (Wildman–Crippen MR) is 88.9 cm³/mol. The molecule has 1 aromatic carbocycles. The van der Waals surface area contributed by atoms with Crippen LogP contribution in [0.3, 0.4) is 0 Å². The highest BCUT2D eigenvalue weighted by atomic mass is 32.2. The lowest BCUT2D eigenvalue weighted by atomic mass is 10.1. The van der Waals surface area contributed by atoms with E-state index in [1.54, 1.807) is 6.20 Å². The summed E-state index contributed by atoms with van der Waals surface area (Å²) in [6, 6.07) is 8.75.